The molecule has 4 rings (SSSR count). The van der Waals surface area contributed by atoms with Crippen molar-refractivity contribution in [2.24, 2.45) is 17.6 Å². The molecule has 1 aliphatic rings. The van der Waals surface area contributed by atoms with Crippen molar-refractivity contribution >= 4 is 40.4 Å². The highest BCUT2D eigenvalue weighted by molar-refractivity contribution is 5.98. The van der Waals surface area contributed by atoms with Crippen molar-refractivity contribution in [1.82, 2.24) is 20.9 Å². The van der Waals surface area contributed by atoms with Crippen LogP contribution in [0, 0.1) is 22.0 Å². The van der Waals surface area contributed by atoms with Gasteiger partial charge < -0.3 is 31.4 Å². The van der Waals surface area contributed by atoms with Crippen LogP contribution in [-0.2, 0) is 38.6 Å². The van der Waals surface area contributed by atoms with E-state index in [0.717, 1.165) is 11.3 Å². The average molecular weight is 621 g/mol. The molecule has 3 aromatic rings. The van der Waals surface area contributed by atoms with E-state index in [-0.39, 0.29) is 37.0 Å². The summed E-state index contributed by atoms with van der Waals surface area (Å²) in [6.45, 7) is 7.16. The molecule has 0 aliphatic heterocycles. The van der Waals surface area contributed by atoms with E-state index in [0.29, 0.717) is 29.3 Å². The number of rotatable bonds is 12. The lowest BCUT2D eigenvalue weighted by atomic mass is 9.78. The Morgan fingerprint density at radius 3 is 2.40 bits per heavy atom. The summed E-state index contributed by atoms with van der Waals surface area (Å²) in [5, 5.41) is 20.4. The summed E-state index contributed by atoms with van der Waals surface area (Å²) in [5.41, 5.74) is 6.79. The fourth-order valence-corrected chi connectivity index (χ4v) is 5.66. The summed E-state index contributed by atoms with van der Waals surface area (Å²) < 4.78 is 5.37. The van der Waals surface area contributed by atoms with Crippen LogP contribution in [0.4, 0.5) is 10.5 Å². The van der Waals surface area contributed by atoms with Crippen LogP contribution in [0.15, 0.2) is 48.5 Å². The van der Waals surface area contributed by atoms with Gasteiger partial charge in [0.2, 0.25) is 17.7 Å². The number of nitrogens with zero attached hydrogens (tertiary/aromatic N) is 1. The van der Waals surface area contributed by atoms with Gasteiger partial charge in [-0.1, -0.05) is 64.4 Å². The highest BCUT2D eigenvalue weighted by atomic mass is 16.6. The van der Waals surface area contributed by atoms with E-state index in [1.807, 2.05) is 37.3 Å². The number of nitrogens with two attached hydrogens (primary N) is 1. The Balaban J connectivity index is 1.66. The molecule has 4 atom stereocenters. The third-order valence-electron chi connectivity index (χ3n) is 8.51. The van der Waals surface area contributed by atoms with Gasteiger partial charge in [0.1, 0.15) is 24.2 Å². The lowest BCUT2D eigenvalue weighted by Gasteiger charge is -2.39. The minimum atomic E-state index is -1.56. The second-order valence-electron chi connectivity index (χ2n) is 12.0. The largest absolute Gasteiger partial charge is 0.445 e. The first-order valence-corrected chi connectivity index (χ1v) is 15.0. The number of nitro benzene ring substituents is 1. The Labute approximate surface area is 260 Å². The van der Waals surface area contributed by atoms with Crippen LogP contribution in [0.5, 0.6) is 0 Å². The normalized spacial score (nSPS) is 17.9. The van der Waals surface area contributed by atoms with E-state index in [1.54, 1.807) is 26.8 Å². The second kappa shape index (κ2) is 13.8. The van der Waals surface area contributed by atoms with Gasteiger partial charge in [-0.05, 0) is 41.9 Å². The number of H-pyrrole nitrogens is 1. The molecule has 1 aromatic heterocycles. The standard InChI is InChI=1S/C32H40N6O7/c1-5-19(4)27(36-31(42)45-17-20-9-7-6-8-10-20)29(40)37-32(30(41)35-26(18(2)3)28(33)39)14-13-25-23(16-32)22-15-21(38(43)44)11-12-24(22)34-25/h6-12,15,18-19,26-27,34H,5,13-14,16-17H2,1-4H3,(H2,33,39)(H,35,41)(H,36,42)(H,37,40)/t19-,26-,27-,32-/m0/s1. The van der Waals surface area contributed by atoms with Crippen LogP contribution < -0.4 is 21.7 Å². The average Bonchev–Trinajstić information content (AvgIpc) is 3.37. The molecule has 0 unspecified atom stereocenters. The van der Waals surface area contributed by atoms with Crippen molar-refractivity contribution in [3.8, 4) is 0 Å². The van der Waals surface area contributed by atoms with E-state index in [2.05, 4.69) is 20.9 Å². The molecule has 240 valence electrons. The molecule has 1 aliphatic carbocycles. The zero-order chi connectivity index (χ0) is 32.9. The molecular weight excluding hydrogens is 580 g/mol. The number of aromatic amines is 1. The molecule has 0 saturated carbocycles. The molecule has 1 heterocycles. The van der Waals surface area contributed by atoms with Gasteiger partial charge in [-0.15, -0.1) is 0 Å². The molecule has 0 bridgehead atoms. The van der Waals surface area contributed by atoms with Crippen molar-refractivity contribution in [3.05, 3.63) is 75.5 Å². The molecule has 13 heteroatoms. The number of nitrogens with one attached hydrogen (secondary N) is 4. The number of nitro groups is 1. The quantitative estimate of drug-likeness (QED) is 0.151. The fraction of sp³-hybridized carbons (Fsp3) is 0.438. The van der Waals surface area contributed by atoms with Gasteiger partial charge >= 0.3 is 6.09 Å². The predicted octanol–water partition coefficient (Wildman–Crippen LogP) is 3.39. The number of carbonyl (C=O) groups is 4. The minimum absolute atomic E-state index is 0.00699. The van der Waals surface area contributed by atoms with E-state index in [9.17, 15) is 29.3 Å². The molecule has 0 fully saturated rings. The summed E-state index contributed by atoms with van der Waals surface area (Å²) in [6.07, 6.45) is 0.206. The number of fused-ring (bicyclic) bond motifs is 3. The molecular formula is C32H40N6O7. The van der Waals surface area contributed by atoms with Crippen LogP contribution in [0.3, 0.4) is 0 Å². The number of non-ortho nitro benzene ring substituents is 1. The van der Waals surface area contributed by atoms with Crippen LogP contribution >= 0.6 is 0 Å². The topological polar surface area (TPSA) is 199 Å². The first-order valence-electron chi connectivity index (χ1n) is 15.0. The molecule has 2 aromatic carbocycles. The first kappa shape index (κ1) is 33.0. The van der Waals surface area contributed by atoms with Gasteiger partial charge in [0.25, 0.3) is 5.69 Å². The number of amides is 4. The lowest BCUT2D eigenvalue weighted by molar-refractivity contribution is -0.384. The highest BCUT2D eigenvalue weighted by Crippen LogP contribution is 2.36. The van der Waals surface area contributed by atoms with Gasteiger partial charge in [-0.25, -0.2) is 4.79 Å². The van der Waals surface area contributed by atoms with Crippen molar-refractivity contribution in [1.29, 1.82) is 0 Å². The predicted molar refractivity (Wildman–Crippen MR) is 167 cm³/mol. The molecule has 6 N–H and O–H groups in total. The van der Waals surface area contributed by atoms with Crippen LogP contribution in [0.2, 0.25) is 0 Å². The number of aromatic nitrogens is 1. The van der Waals surface area contributed by atoms with Crippen LogP contribution in [0.25, 0.3) is 10.9 Å². The zero-order valence-electron chi connectivity index (χ0n) is 25.8. The SMILES string of the molecule is CC[C@H](C)[C@H](NC(=O)OCc1ccccc1)C(=O)N[C@@]1(C(=O)N[C@H](C(N)=O)C(C)C)CCc2[nH]c3ccc([N+](=O)[O-])cc3c2C1. The van der Waals surface area contributed by atoms with Crippen LogP contribution in [0.1, 0.15) is 57.4 Å². The van der Waals surface area contributed by atoms with Gasteiger partial charge in [-0.3, -0.25) is 24.5 Å². The Kier molecular flexibility index (Phi) is 10.1. The summed E-state index contributed by atoms with van der Waals surface area (Å²) in [7, 11) is 0. The molecule has 0 saturated heterocycles. The lowest BCUT2D eigenvalue weighted by Crippen LogP contribution is -2.67. The number of primary amides is 1. The smallest absolute Gasteiger partial charge is 0.408 e. The molecule has 0 radical (unpaired) electrons. The molecule has 45 heavy (non-hydrogen) atoms. The summed E-state index contributed by atoms with van der Waals surface area (Å²) in [5.74, 6) is -2.61. The van der Waals surface area contributed by atoms with E-state index in [4.69, 9.17) is 10.5 Å². The van der Waals surface area contributed by atoms with Gasteiger partial charge in [-0.2, -0.15) is 0 Å². The number of alkyl carbamates (subject to hydrolysis) is 1. The third kappa shape index (κ3) is 7.41. The first-order chi connectivity index (χ1) is 21.3. The maximum absolute atomic E-state index is 14.1. The van der Waals surface area contributed by atoms with E-state index >= 15 is 0 Å². The summed E-state index contributed by atoms with van der Waals surface area (Å²) >= 11 is 0. The van der Waals surface area contributed by atoms with E-state index in [1.165, 1.54) is 12.1 Å². The minimum Gasteiger partial charge on any atom is -0.445 e. The summed E-state index contributed by atoms with van der Waals surface area (Å²) in [6, 6.07) is 11.5. The van der Waals surface area contributed by atoms with E-state index < -0.39 is 46.4 Å². The van der Waals surface area contributed by atoms with Crippen molar-refractivity contribution < 1.29 is 28.8 Å². The Morgan fingerprint density at radius 1 is 1.07 bits per heavy atom. The number of carbonyl (C=O) groups excluding carboxylic acids is 4. The number of aryl methyl sites for hydroxylation is 1. The molecule has 0 spiro atoms. The van der Waals surface area contributed by atoms with Crippen molar-refractivity contribution in [2.75, 3.05) is 0 Å². The second-order valence-corrected chi connectivity index (χ2v) is 12.0. The Hall–Kier alpha value is -4.94. The van der Waals surface area contributed by atoms with Gasteiger partial charge in [0.15, 0.2) is 0 Å². The zero-order valence-corrected chi connectivity index (χ0v) is 25.8. The van der Waals surface area contributed by atoms with Crippen molar-refractivity contribution in [3.63, 3.8) is 0 Å². The Bertz CT molecular complexity index is 1590. The van der Waals surface area contributed by atoms with Crippen LogP contribution in [-0.4, -0.2) is 51.3 Å². The third-order valence-corrected chi connectivity index (χ3v) is 8.51. The number of hydrogen-bond acceptors (Lipinski definition) is 7. The number of hydrogen-bond donors (Lipinski definition) is 5. The maximum atomic E-state index is 14.1. The maximum Gasteiger partial charge on any atom is 0.408 e. The fourth-order valence-electron chi connectivity index (χ4n) is 5.66. The van der Waals surface area contributed by atoms with Gasteiger partial charge in [0.05, 0.1) is 4.92 Å². The Morgan fingerprint density at radius 2 is 1.78 bits per heavy atom. The van der Waals surface area contributed by atoms with Gasteiger partial charge in [0, 0.05) is 35.2 Å². The number of benzene rings is 2. The molecule has 13 nitrogen and oxygen atoms in total. The summed E-state index contributed by atoms with van der Waals surface area (Å²) in [4.78, 5) is 67.4. The highest BCUT2D eigenvalue weighted by Gasteiger charge is 2.46. The number of ether oxygens (including phenoxy) is 1. The van der Waals surface area contributed by atoms with Crippen molar-refractivity contribution in [2.45, 2.75) is 77.6 Å². The molecule has 4 amide bonds. The monoisotopic (exact) mass is 620 g/mol.